The molecule has 1 rings (SSSR count). The number of allylic oxidation sites excluding steroid dienone is 1. The minimum absolute atomic E-state index is 0.799. The highest BCUT2D eigenvalue weighted by atomic mass is 35.5. The summed E-state index contributed by atoms with van der Waals surface area (Å²) in [5.41, 5.74) is 3.41. The number of halogens is 1. The second kappa shape index (κ2) is 3.77. The van der Waals surface area contributed by atoms with Crippen LogP contribution in [0, 0.1) is 6.92 Å². The summed E-state index contributed by atoms with van der Waals surface area (Å²) in [6.45, 7) is 8.10. The Morgan fingerprint density at radius 2 is 2.17 bits per heavy atom. The number of benzene rings is 1. The van der Waals surface area contributed by atoms with E-state index in [1.165, 1.54) is 5.56 Å². The fraction of sp³-hybridized carbons (Fsp3) is 0.273. The fourth-order valence-corrected chi connectivity index (χ4v) is 1.35. The molecule has 0 heterocycles. The molecular weight excluding hydrogens is 168 g/mol. The molecular formula is C11H13Cl. The van der Waals surface area contributed by atoms with Crippen molar-refractivity contribution in [3.05, 3.63) is 40.9 Å². The summed E-state index contributed by atoms with van der Waals surface area (Å²) < 4.78 is 0. The molecule has 0 nitrogen and oxygen atoms in total. The predicted molar refractivity (Wildman–Crippen MR) is 55.5 cm³/mol. The number of hydrogen-bond acceptors (Lipinski definition) is 0. The SMILES string of the molecule is C=C(CC)c1cc(C)ccc1Cl. The predicted octanol–water partition coefficient (Wildman–Crippen LogP) is 4.07. The van der Waals surface area contributed by atoms with Crippen LogP contribution in [0.2, 0.25) is 5.02 Å². The third kappa shape index (κ3) is 1.89. The van der Waals surface area contributed by atoms with Gasteiger partial charge in [0.2, 0.25) is 0 Å². The largest absolute Gasteiger partial charge is 0.0952 e. The second-order valence-electron chi connectivity index (χ2n) is 2.94. The van der Waals surface area contributed by atoms with Crippen molar-refractivity contribution in [3.8, 4) is 0 Å². The van der Waals surface area contributed by atoms with Gasteiger partial charge in [0.15, 0.2) is 0 Å². The first-order valence-electron chi connectivity index (χ1n) is 4.09. The summed E-state index contributed by atoms with van der Waals surface area (Å²) in [5, 5.41) is 0.799. The van der Waals surface area contributed by atoms with Crippen molar-refractivity contribution < 1.29 is 0 Å². The van der Waals surface area contributed by atoms with Crippen molar-refractivity contribution in [2.75, 3.05) is 0 Å². The molecule has 0 radical (unpaired) electrons. The smallest absolute Gasteiger partial charge is 0.0481 e. The van der Waals surface area contributed by atoms with E-state index >= 15 is 0 Å². The molecule has 0 aliphatic heterocycles. The van der Waals surface area contributed by atoms with Gasteiger partial charge in [-0.25, -0.2) is 0 Å². The van der Waals surface area contributed by atoms with Gasteiger partial charge in [-0.05, 0) is 30.5 Å². The van der Waals surface area contributed by atoms with E-state index in [-0.39, 0.29) is 0 Å². The van der Waals surface area contributed by atoms with Crippen LogP contribution in [-0.4, -0.2) is 0 Å². The Morgan fingerprint density at radius 1 is 1.50 bits per heavy atom. The number of aryl methyl sites for hydroxylation is 1. The van der Waals surface area contributed by atoms with E-state index in [1.54, 1.807) is 0 Å². The maximum Gasteiger partial charge on any atom is 0.0481 e. The maximum absolute atomic E-state index is 6.01. The molecule has 0 unspecified atom stereocenters. The molecule has 1 heteroatoms. The van der Waals surface area contributed by atoms with Crippen LogP contribution in [0.15, 0.2) is 24.8 Å². The van der Waals surface area contributed by atoms with Crippen LogP contribution in [0.25, 0.3) is 5.57 Å². The molecule has 0 aromatic heterocycles. The Balaban J connectivity index is 3.13. The zero-order chi connectivity index (χ0) is 9.14. The molecule has 0 aliphatic rings. The van der Waals surface area contributed by atoms with Crippen molar-refractivity contribution in [2.45, 2.75) is 20.3 Å². The first kappa shape index (κ1) is 9.34. The number of rotatable bonds is 2. The van der Waals surface area contributed by atoms with Crippen LogP contribution in [-0.2, 0) is 0 Å². The zero-order valence-electron chi connectivity index (χ0n) is 7.52. The average molecular weight is 181 g/mol. The van der Waals surface area contributed by atoms with Crippen LogP contribution >= 0.6 is 11.6 Å². The highest BCUT2D eigenvalue weighted by molar-refractivity contribution is 6.32. The van der Waals surface area contributed by atoms with Crippen molar-refractivity contribution in [3.63, 3.8) is 0 Å². The molecule has 12 heavy (non-hydrogen) atoms. The summed E-state index contributed by atoms with van der Waals surface area (Å²) in [4.78, 5) is 0. The third-order valence-corrected chi connectivity index (χ3v) is 2.26. The van der Waals surface area contributed by atoms with Gasteiger partial charge in [-0.15, -0.1) is 0 Å². The van der Waals surface area contributed by atoms with Gasteiger partial charge >= 0.3 is 0 Å². The lowest BCUT2D eigenvalue weighted by Crippen LogP contribution is -1.84. The highest BCUT2D eigenvalue weighted by Gasteiger charge is 2.01. The first-order chi connectivity index (χ1) is 5.65. The summed E-state index contributed by atoms with van der Waals surface area (Å²) in [6.07, 6.45) is 0.948. The molecule has 0 saturated carbocycles. The molecule has 0 bridgehead atoms. The van der Waals surface area contributed by atoms with E-state index < -0.39 is 0 Å². The first-order valence-corrected chi connectivity index (χ1v) is 4.47. The van der Waals surface area contributed by atoms with E-state index in [9.17, 15) is 0 Å². The van der Waals surface area contributed by atoms with E-state index in [1.807, 2.05) is 12.1 Å². The highest BCUT2D eigenvalue weighted by Crippen LogP contribution is 2.25. The third-order valence-electron chi connectivity index (χ3n) is 1.93. The zero-order valence-corrected chi connectivity index (χ0v) is 8.28. The Bertz CT molecular complexity index is 300. The van der Waals surface area contributed by atoms with Gasteiger partial charge in [0.1, 0.15) is 0 Å². The summed E-state index contributed by atoms with van der Waals surface area (Å²) in [7, 11) is 0. The molecule has 1 aromatic rings. The summed E-state index contributed by atoms with van der Waals surface area (Å²) in [5.74, 6) is 0. The van der Waals surface area contributed by atoms with Crippen molar-refractivity contribution >= 4 is 17.2 Å². The average Bonchev–Trinajstić information content (AvgIpc) is 2.08. The van der Waals surface area contributed by atoms with E-state index in [0.29, 0.717) is 0 Å². The van der Waals surface area contributed by atoms with E-state index in [4.69, 9.17) is 11.6 Å². The minimum atomic E-state index is 0.799. The topological polar surface area (TPSA) is 0 Å². The van der Waals surface area contributed by atoms with Crippen LogP contribution in [0.3, 0.4) is 0 Å². The molecule has 0 amide bonds. The van der Waals surface area contributed by atoms with Gasteiger partial charge in [0.05, 0.1) is 0 Å². The second-order valence-corrected chi connectivity index (χ2v) is 3.35. The molecule has 0 atom stereocenters. The normalized spacial score (nSPS) is 9.92. The number of hydrogen-bond donors (Lipinski definition) is 0. The van der Waals surface area contributed by atoms with Gasteiger partial charge < -0.3 is 0 Å². The van der Waals surface area contributed by atoms with E-state index in [0.717, 1.165) is 22.6 Å². The van der Waals surface area contributed by atoms with Crippen LogP contribution < -0.4 is 0 Å². The molecule has 1 aromatic carbocycles. The van der Waals surface area contributed by atoms with Gasteiger partial charge in [-0.2, -0.15) is 0 Å². The van der Waals surface area contributed by atoms with Gasteiger partial charge in [-0.3, -0.25) is 0 Å². The Morgan fingerprint density at radius 3 is 2.75 bits per heavy atom. The van der Waals surface area contributed by atoms with Gasteiger partial charge in [0.25, 0.3) is 0 Å². The summed E-state index contributed by atoms with van der Waals surface area (Å²) in [6, 6.07) is 6.01. The minimum Gasteiger partial charge on any atom is -0.0952 e. The molecule has 0 aliphatic carbocycles. The Hall–Kier alpha value is -0.750. The van der Waals surface area contributed by atoms with Gasteiger partial charge in [0, 0.05) is 5.02 Å². The van der Waals surface area contributed by atoms with E-state index in [2.05, 4.69) is 26.5 Å². The molecule has 0 fully saturated rings. The lowest BCUT2D eigenvalue weighted by molar-refractivity contribution is 1.24. The Kier molecular flexibility index (Phi) is 2.93. The molecule has 0 N–H and O–H groups in total. The molecule has 64 valence electrons. The summed E-state index contributed by atoms with van der Waals surface area (Å²) >= 11 is 6.01. The maximum atomic E-state index is 6.01. The standard InChI is InChI=1S/C11H13Cl/c1-4-9(3)10-7-8(2)5-6-11(10)12/h5-7H,3-4H2,1-2H3. The van der Waals surface area contributed by atoms with Crippen LogP contribution in [0.4, 0.5) is 0 Å². The van der Waals surface area contributed by atoms with Crippen molar-refractivity contribution in [2.24, 2.45) is 0 Å². The quantitative estimate of drug-likeness (QED) is 0.644. The molecule has 0 spiro atoms. The van der Waals surface area contributed by atoms with Gasteiger partial charge in [-0.1, -0.05) is 42.8 Å². The monoisotopic (exact) mass is 180 g/mol. The molecule has 0 saturated heterocycles. The van der Waals surface area contributed by atoms with Crippen LogP contribution in [0.1, 0.15) is 24.5 Å². The Labute approximate surface area is 78.9 Å². The fourth-order valence-electron chi connectivity index (χ4n) is 1.10. The van der Waals surface area contributed by atoms with Crippen LogP contribution in [0.5, 0.6) is 0 Å². The van der Waals surface area contributed by atoms with Crippen molar-refractivity contribution in [1.82, 2.24) is 0 Å². The van der Waals surface area contributed by atoms with Crippen molar-refractivity contribution in [1.29, 1.82) is 0 Å². The lowest BCUT2D eigenvalue weighted by Gasteiger charge is -2.06. The lowest BCUT2D eigenvalue weighted by atomic mass is 10.0.